The monoisotopic (exact) mass is 524 g/mol. The van der Waals surface area contributed by atoms with Crippen LogP contribution in [0.2, 0.25) is 0 Å². The van der Waals surface area contributed by atoms with Gasteiger partial charge in [-0.2, -0.15) is 0 Å². The van der Waals surface area contributed by atoms with Crippen LogP contribution in [0, 0.1) is 0 Å². The second kappa shape index (κ2) is 8.46. The molecule has 0 N–H and O–H groups in total. The Morgan fingerprint density at radius 3 is 1.39 bits per heavy atom. The minimum Gasteiger partial charge on any atom is -0.340 e. The van der Waals surface area contributed by atoms with Gasteiger partial charge in [-0.05, 0) is 40.8 Å². The van der Waals surface area contributed by atoms with Gasteiger partial charge in [-0.15, -0.1) is 0 Å². The maximum Gasteiger partial charge on any atom is 0.0580 e. The van der Waals surface area contributed by atoms with E-state index in [9.17, 15) is 0 Å². The number of nitrogens with zero attached hydrogens (tertiary/aromatic N) is 2. The summed E-state index contributed by atoms with van der Waals surface area (Å²) in [5.74, 6) is 0. The van der Waals surface area contributed by atoms with Gasteiger partial charge in [-0.25, -0.2) is 0 Å². The van der Waals surface area contributed by atoms with Crippen molar-refractivity contribution < 1.29 is 0 Å². The van der Waals surface area contributed by atoms with Crippen LogP contribution in [0.15, 0.2) is 127 Å². The van der Waals surface area contributed by atoms with Crippen LogP contribution in [0.25, 0.3) is 75.9 Å². The van der Waals surface area contributed by atoms with Crippen LogP contribution < -0.4 is 0 Å². The van der Waals surface area contributed by atoms with E-state index in [0.717, 1.165) is 13.1 Å². The Morgan fingerprint density at radius 2 is 0.829 bits per heavy atom. The van der Waals surface area contributed by atoms with Crippen LogP contribution in [-0.4, -0.2) is 9.13 Å². The van der Waals surface area contributed by atoms with Crippen LogP contribution in [-0.2, 0) is 13.1 Å². The summed E-state index contributed by atoms with van der Waals surface area (Å²) in [6, 6.07) is 46.9. The van der Waals surface area contributed by atoms with Crippen LogP contribution >= 0.6 is 0 Å². The molecule has 0 bridgehead atoms. The molecule has 194 valence electrons. The lowest BCUT2D eigenvalue weighted by Gasteiger charge is -2.16. The van der Waals surface area contributed by atoms with Crippen molar-refractivity contribution >= 4 is 75.9 Å². The first-order valence-corrected chi connectivity index (χ1v) is 14.6. The second-order valence-corrected chi connectivity index (χ2v) is 11.1. The molecular weight excluding hydrogens is 496 g/mol. The molecule has 0 aliphatic carbocycles. The third-order valence-corrected chi connectivity index (χ3v) is 9.09. The molecule has 0 amide bonds. The average Bonchev–Trinajstić information content (AvgIpc) is 3.55. The summed E-state index contributed by atoms with van der Waals surface area (Å²) < 4.78 is 5.08. The van der Waals surface area contributed by atoms with Gasteiger partial charge >= 0.3 is 0 Å². The minimum atomic E-state index is 0.827. The van der Waals surface area contributed by atoms with Gasteiger partial charge in [-0.1, -0.05) is 115 Å². The quantitative estimate of drug-likeness (QED) is 0.203. The molecule has 2 heterocycles. The maximum absolute atomic E-state index is 2.56. The summed E-state index contributed by atoms with van der Waals surface area (Å²) in [7, 11) is 0. The number of hydrogen-bond donors (Lipinski definition) is 0. The molecule has 0 radical (unpaired) electrons. The Kier molecular flexibility index (Phi) is 4.68. The van der Waals surface area contributed by atoms with Crippen molar-refractivity contribution in [2.75, 3.05) is 0 Å². The third kappa shape index (κ3) is 2.97. The first-order valence-electron chi connectivity index (χ1n) is 14.6. The molecule has 2 aromatic heterocycles. The van der Waals surface area contributed by atoms with Crippen molar-refractivity contribution in [3.8, 4) is 0 Å². The topological polar surface area (TPSA) is 9.86 Å². The van der Waals surface area contributed by atoms with Crippen molar-refractivity contribution in [3.63, 3.8) is 0 Å². The van der Waals surface area contributed by atoms with Gasteiger partial charge in [0.2, 0.25) is 0 Å². The number of fused-ring (bicyclic) bond motifs is 15. The highest BCUT2D eigenvalue weighted by molar-refractivity contribution is 6.45. The largest absolute Gasteiger partial charge is 0.340 e. The van der Waals surface area contributed by atoms with E-state index in [-0.39, 0.29) is 0 Å². The summed E-state index contributed by atoms with van der Waals surface area (Å²) in [6.07, 6.45) is 0. The standard InChI is InChI=1S/C39H28N2/c1-2-40-32-22-12-10-20-30(32)35-37-34(26-16-6-8-18-28(26)38(35)40)27-17-7-9-19-29(27)39-36(37)31-21-11-13-23-33(31)41(39)24-25-14-4-3-5-15-25/h3-23H,2,24H2,1H3. The molecule has 7 aromatic carbocycles. The van der Waals surface area contributed by atoms with E-state index in [1.807, 2.05) is 0 Å². The second-order valence-electron chi connectivity index (χ2n) is 11.1. The molecule has 0 saturated heterocycles. The van der Waals surface area contributed by atoms with Crippen molar-refractivity contribution in [1.82, 2.24) is 9.13 Å². The molecule has 41 heavy (non-hydrogen) atoms. The summed E-state index contributed by atoms with van der Waals surface area (Å²) in [4.78, 5) is 0. The van der Waals surface area contributed by atoms with Crippen LogP contribution in [0.1, 0.15) is 12.5 Å². The fourth-order valence-corrected chi connectivity index (χ4v) is 7.54. The Labute approximate surface area is 237 Å². The van der Waals surface area contributed by atoms with Gasteiger partial charge in [-0.3, -0.25) is 0 Å². The predicted molar refractivity (Wildman–Crippen MR) is 176 cm³/mol. The zero-order valence-corrected chi connectivity index (χ0v) is 22.9. The third-order valence-electron chi connectivity index (χ3n) is 9.09. The highest BCUT2D eigenvalue weighted by atomic mass is 15.0. The highest BCUT2D eigenvalue weighted by Gasteiger charge is 2.24. The fourth-order valence-electron chi connectivity index (χ4n) is 7.54. The Bertz CT molecular complexity index is 2470. The Balaban J connectivity index is 1.67. The van der Waals surface area contributed by atoms with Crippen LogP contribution in [0.3, 0.4) is 0 Å². The molecule has 0 spiro atoms. The summed E-state index contributed by atoms with van der Waals surface area (Å²) in [6.45, 7) is 4.02. The lowest BCUT2D eigenvalue weighted by atomic mass is 9.89. The number of rotatable bonds is 3. The molecule has 2 heteroatoms. The first-order chi connectivity index (χ1) is 20.3. The van der Waals surface area contributed by atoms with Crippen LogP contribution in [0.5, 0.6) is 0 Å². The molecule has 0 saturated carbocycles. The van der Waals surface area contributed by atoms with Gasteiger partial charge in [0, 0.05) is 61.8 Å². The number of hydrogen-bond acceptors (Lipinski definition) is 0. The number of benzene rings is 7. The highest BCUT2D eigenvalue weighted by Crippen LogP contribution is 2.49. The molecule has 0 fully saturated rings. The molecule has 9 aromatic rings. The zero-order chi connectivity index (χ0) is 27.1. The van der Waals surface area contributed by atoms with E-state index >= 15 is 0 Å². The lowest BCUT2D eigenvalue weighted by molar-refractivity contribution is 0.829. The number of para-hydroxylation sites is 2. The average molecular weight is 525 g/mol. The van der Waals surface area contributed by atoms with Gasteiger partial charge < -0.3 is 9.13 Å². The number of aromatic nitrogens is 2. The van der Waals surface area contributed by atoms with Gasteiger partial charge in [0.15, 0.2) is 0 Å². The van der Waals surface area contributed by atoms with Gasteiger partial charge in [0.25, 0.3) is 0 Å². The smallest absolute Gasteiger partial charge is 0.0580 e. The van der Waals surface area contributed by atoms with E-state index in [1.165, 1.54) is 81.5 Å². The van der Waals surface area contributed by atoms with Crippen molar-refractivity contribution in [2.45, 2.75) is 20.0 Å². The van der Waals surface area contributed by atoms with E-state index in [0.29, 0.717) is 0 Å². The van der Waals surface area contributed by atoms with Crippen molar-refractivity contribution in [2.24, 2.45) is 0 Å². The first kappa shape index (κ1) is 22.7. The zero-order valence-electron chi connectivity index (χ0n) is 22.9. The molecule has 0 aliphatic heterocycles. The predicted octanol–water partition coefficient (Wildman–Crippen LogP) is 10.4. The van der Waals surface area contributed by atoms with Gasteiger partial charge in [0.1, 0.15) is 0 Å². The lowest BCUT2D eigenvalue weighted by Crippen LogP contribution is -2.00. The minimum absolute atomic E-state index is 0.827. The Hall–Kier alpha value is -5.08. The molecule has 2 nitrogen and oxygen atoms in total. The number of aryl methyl sites for hydroxylation is 1. The maximum atomic E-state index is 2.56. The molecule has 0 atom stereocenters. The normalized spacial score (nSPS) is 12.2. The SMILES string of the molecule is CCn1c2ccccc2c2c3c(c4ccccc4c21)c1ccccc1c1c3c2ccccc2n1Cc1ccccc1. The van der Waals surface area contributed by atoms with E-state index in [1.54, 1.807) is 0 Å². The van der Waals surface area contributed by atoms with Gasteiger partial charge in [0.05, 0.1) is 11.0 Å². The van der Waals surface area contributed by atoms with Crippen molar-refractivity contribution in [3.05, 3.63) is 133 Å². The van der Waals surface area contributed by atoms with E-state index in [4.69, 9.17) is 0 Å². The summed E-state index contributed by atoms with van der Waals surface area (Å²) in [5, 5.41) is 13.4. The summed E-state index contributed by atoms with van der Waals surface area (Å²) in [5.41, 5.74) is 6.56. The molecule has 0 unspecified atom stereocenters. The van der Waals surface area contributed by atoms with Crippen molar-refractivity contribution in [1.29, 1.82) is 0 Å². The molecule has 9 rings (SSSR count). The molecule has 0 aliphatic rings. The van der Waals surface area contributed by atoms with E-state index < -0.39 is 0 Å². The Morgan fingerprint density at radius 1 is 0.390 bits per heavy atom. The van der Waals surface area contributed by atoms with Crippen LogP contribution in [0.4, 0.5) is 0 Å². The molecular formula is C39H28N2. The summed E-state index contributed by atoms with van der Waals surface area (Å²) >= 11 is 0. The van der Waals surface area contributed by atoms with E-state index in [2.05, 4.69) is 143 Å². The fraction of sp³-hybridized carbons (Fsp3) is 0.0769.